The molecule has 17 heavy (non-hydrogen) atoms. The lowest BCUT2D eigenvalue weighted by Gasteiger charge is -2.02. The van der Waals surface area contributed by atoms with Crippen LogP contribution in [0.25, 0.3) is 0 Å². The monoisotopic (exact) mass is 227 g/mol. The van der Waals surface area contributed by atoms with Crippen LogP contribution in [-0.4, -0.2) is 16.0 Å². The van der Waals surface area contributed by atoms with Gasteiger partial charge in [-0.15, -0.1) is 0 Å². The van der Waals surface area contributed by atoms with Gasteiger partial charge in [0.05, 0.1) is 6.54 Å². The van der Waals surface area contributed by atoms with E-state index in [0.717, 1.165) is 5.69 Å². The second-order valence-corrected chi connectivity index (χ2v) is 4.27. The van der Waals surface area contributed by atoms with Crippen molar-refractivity contribution in [3.05, 3.63) is 53.9 Å². The average molecular weight is 227 g/mol. The third-order valence-corrected chi connectivity index (χ3v) is 2.50. The molecule has 0 aliphatic heterocycles. The van der Waals surface area contributed by atoms with E-state index in [2.05, 4.69) is 36.1 Å². The zero-order valence-electron chi connectivity index (χ0n) is 10.2. The maximum absolute atomic E-state index is 4.41. The molecular formula is C14H17N3. The van der Waals surface area contributed by atoms with Crippen molar-refractivity contribution in [2.75, 3.05) is 0 Å². The summed E-state index contributed by atoms with van der Waals surface area (Å²) < 4.78 is 1.93. The van der Waals surface area contributed by atoms with E-state index in [0.29, 0.717) is 12.6 Å². The standard InChI is InChI=1S/C14H17N3/c1-12(2)17-9-8-14(16-17)11-15-10-13-6-4-3-5-7-13/h3-9,11-12H,10H2,1-2H3. The number of nitrogens with zero attached hydrogens (tertiary/aromatic N) is 3. The van der Waals surface area contributed by atoms with E-state index in [1.54, 1.807) is 0 Å². The normalized spacial score (nSPS) is 11.5. The minimum Gasteiger partial charge on any atom is -0.286 e. The molecule has 0 aliphatic carbocycles. The molecule has 0 atom stereocenters. The average Bonchev–Trinajstić information content (AvgIpc) is 2.79. The van der Waals surface area contributed by atoms with E-state index in [9.17, 15) is 0 Å². The largest absolute Gasteiger partial charge is 0.286 e. The molecule has 3 nitrogen and oxygen atoms in total. The molecule has 0 amide bonds. The summed E-state index contributed by atoms with van der Waals surface area (Å²) in [6, 6.07) is 12.6. The van der Waals surface area contributed by atoms with Gasteiger partial charge in [0, 0.05) is 18.5 Å². The Morgan fingerprint density at radius 1 is 1.24 bits per heavy atom. The van der Waals surface area contributed by atoms with Gasteiger partial charge in [0.25, 0.3) is 0 Å². The van der Waals surface area contributed by atoms with Gasteiger partial charge in [-0.2, -0.15) is 5.10 Å². The van der Waals surface area contributed by atoms with Crippen molar-refractivity contribution >= 4 is 6.21 Å². The van der Waals surface area contributed by atoms with Gasteiger partial charge in [-0.05, 0) is 25.5 Å². The Morgan fingerprint density at radius 2 is 2.00 bits per heavy atom. The highest BCUT2D eigenvalue weighted by molar-refractivity contribution is 5.76. The van der Waals surface area contributed by atoms with Gasteiger partial charge in [0.1, 0.15) is 5.69 Å². The maximum Gasteiger partial charge on any atom is 0.103 e. The van der Waals surface area contributed by atoms with Gasteiger partial charge in [0.15, 0.2) is 0 Å². The number of hydrogen-bond donors (Lipinski definition) is 0. The summed E-state index contributed by atoms with van der Waals surface area (Å²) in [5.41, 5.74) is 2.13. The molecule has 0 N–H and O–H groups in total. The van der Waals surface area contributed by atoms with Crippen LogP contribution in [0.3, 0.4) is 0 Å². The molecule has 0 unspecified atom stereocenters. The SMILES string of the molecule is CC(C)n1ccc(C=NCc2ccccc2)n1. The van der Waals surface area contributed by atoms with E-state index in [4.69, 9.17) is 0 Å². The summed E-state index contributed by atoms with van der Waals surface area (Å²) in [6.07, 6.45) is 3.81. The Bertz CT molecular complexity index is 483. The molecule has 0 bridgehead atoms. The molecule has 0 fully saturated rings. The quantitative estimate of drug-likeness (QED) is 0.738. The second-order valence-electron chi connectivity index (χ2n) is 4.27. The van der Waals surface area contributed by atoms with Crippen LogP contribution in [0.4, 0.5) is 0 Å². The van der Waals surface area contributed by atoms with Crippen molar-refractivity contribution in [1.82, 2.24) is 9.78 Å². The number of benzene rings is 1. The molecule has 1 heterocycles. The van der Waals surface area contributed by atoms with Gasteiger partial charge in [0.2, 0.25) is 0 Å². The van der Waals surface area contributed by atoms with E-state index in [1.165, 1.54) is 5.56 Å². The first-order valence-corrected chi connectivity index (χ1v) is 5.84. The maximum atomic E-state index is 4.41. The number of rotatable bonds is 4. The minimum atomic E-state index is 0.395. The molecule has 1 aromatic carbocycles. The Kier molecular flexibility index (Phi) is 3.70. The zero-order valence-corrected chi connectivity index (χ0v) is 10.2. The molecule has 0 saturated carbocycles. The first kappa shape index (κ1) is 11.6. The first-order valence-electron chi connectivity index (χ1n) is 5.84. The topological polar surface area (TPSA) is 30.2 Å². The van der Waals surface area contributed by atoms with Gasteiger partial charge < -0.3 is 0 Å². The molecule has 0 spiro atoms. The zero-order chi connectivity index (χ0) is 12.1. The lowest BCUT2D eigenvalue weighted by Crippen LogP contribution is -2.01. The highest BCUT2D eigenvalue weighted by Crippen LogP contribution is 2.03. The predicted molar refractivity (Wildman–Crippen MR) is 70.4 cm³/mol. The summed E-state index contributed by atoms with van der Waals surface area (Å²) in [7, 11) is 0. The van der Waals surface area contributed by atoms with Gasteiger partial charge in [-0.3, -0.25) is 9.67 Å². The Hall–Kier alpha value is -1.90. The van der Waals surface area contributed by atoms with E-state index < -0.39 is 0 Å². The van der Waals surface area contributed by atoms with Crippen molar-refractivity contribution in [2.45, 2.75) is 26.4 Å². The fourth-order valence-corrected chi connectivity index (χ4v) is 1.54. The molecule has 2 aromatic rings. The molecule has 0 aliphatic rings. The van der Waals surface area contributed by atoms with Crippen molar-refractivity contribution in [3.63, 3.8) is 0 Å². The van der Waals surface area contributed by atoms with E-state index in [-0.39, 0.29) is 0 Å². The minimum absolute atomic E-state index is 0.395. The van der Waals surface area contributed by atoms with Crippen LogP contribution in [0.5, 0.6) is 0 Å². The Morgan fingerprint density at radius 3 is 2.65 bits per heavy atom. The van der Waals surface area contributed by atoms with Crippen LogP contribution in [0.15, 0.2) is 47.6 Å². The van der Waals surface area contributed by atoms with E-state index >= 15 is 0 Å². The molecule has 3 heteroatoms. The first-order chi connectivity index (χ1) is 8.25. The Labute approximate surface area is 102 Å². The number of hydrogen-bond acceptors (Lipinski definition) is 2. The smallest absolute Gasteiger partial charge is 0.103 e. The third kappa shape index (κ3) is 3.28. The highest BCUT2D eigenvalue weighted by atomic mass is 15.3. The third-order valence-electron chi connectivity index (χ3n) is 2.50. The molecule has 0 radical (unpaired) electrons. The fourth-order valence-electron chi connectivity index (χ4n) is 1.54. The number of aliphatic imine (C=N–C) groups is 1. The van der Waals surface area contributed by atoms with Crippen molar-refractivity contribution in [2.24, 2.45) is 4.99 Å². The van der Waals surface area contributed by atoms with E-state index in [1.807, 2.05) is 41.4 Å². The lowest BCUT2D eigenvalue weighted by molar-refractivity contribution is 0.532. The summed E-state index contributed by atoms with van der Waals surface area (Å²) in [5.74, 6) is 0. The van der Waals surface area contributed by atoms with Gasteiger partial charge in [-0.1, -0.05) is 30.3 Å². The summed E-state index contributed by atoms with van der Waals surface area (Å²) in [5, 5.41) is 4.41. The molecular weight excluding hydrogens is 210 g/mol. The molecule has 88 valence electrons. The summed E-state index contributed by atoms with van der Waals surface area (Å²) >= 11 is 0. The fraction of sp³-hybridized carbons (Fsp3) is 0.286. The van der Waals surface area contributed by atoms with Crippen LogP contribution in [0.1, 0.15) is 31.1 Å². The highest BCUT2D eigenvalue weighted by Gasteiger charge is 1.98. The number of aromatic nitrogens is 2. The lowest BCUT2D eigenvalue weighted by atomic mass is 10.2. The second kappa shape index (κ2) is 5.43. The van der Waals surface area contributed by atoms with Crippen LogP contribution in [0.2, 0.25) is 0 Å². The molecule has 2 rings (SSSR count). The Balaban J connectivity index is 1.96. The summed E-state index contributed by atoms with van der Waals surface area (Å²) in [6.45, 7) is 4.92. The van der Waals surface area contributed by atoms with Crippen molar-refractivity contribution < 1.29 is 0 Å². The van der Waals surface area contributed by atoms with Gasteiger partial charge in [-0.25, -0.2) is 0 Å². The van der Waals surface area contributed by atoms with Crippen LogP contribution >= 0.6 is 0 Å². The van der Waals surface area contributed by atoms with Crippen LogP contribution < -0.4 is 0 Å². The van der Waals surface area contributed by atoms with Crippen molar-refractivity contribution in [1.29, 1.82) is 0 Å². The van der Waals surface area contributed by atoms with Crippen LogP contribution in [0, 0.1) is 0 Å². The molecule has 1 aromatic heterocycles. The van der Waals surface area contributed by atoms with Crippen LogP contribution in [-0.2, 0) is 6.54 Å². The summed E-state index contributed by atoms with van der Waals surface area (Å²) in [4.78, 5) is 4.38. The van der Waals surface area contributed by atoms with Crippen molar-refractivity contribution in [3.8, 4) is 0 Å². The molecule has 0 saturated heterocycles. The predicted octanol–water partition coefficient (Wildman–Crippen LogP) is 3.08. The van der Waals surface area contributed by atoms with Gasteiger partial charge >= 0.3 is 0 Å².